The van der Waals surface area contributed by atoms with Crippen molar-refractivity contribution in [3.8, 4) is 22.8 Å². The molecule has 0 aromatic carbocycles. The van der Waals surface area contributed by atoms with E-state index in [-0.39, 0.29) is 5.92 Å². The van der Waals surface area contributed by atoms with Gasteiger partial charge in [-0.05, 0) is 30.7 Å². The van der Waals surface area contributed by atoms with Crippen molar-refractivity contribution in [2.75, 3.05) is 5.73 Å². The molecule has 0 amide bonds. The Bertz CT molecular complexity index is 1020. The van der Waals surface area contributed by atoms with Gasteiger partial charge in [-0.1, -0.05) is 18.1 Å². The molecule has 4 aromatic rings. The van der Waals surface area contributed by atoms with Gasteiger partial charge >= 0.3 is 0 Å². The molecule has 4 rings (SSSR count). The zero-order valence-corrected chi connectivity index (χ0v) is 14.8. The van der Waals surface area contributed by atoms with Crippen LogP contribution in [0.25, 0.3) is 22.8 Å². The number of nitrogens with zero attached hydrogens (tertiary/aromatic N) is 5. The number of pyridine rings is 2. The van der Waals surface area contributed by atoms with Gasteiger partial charge in [0.05, 0.1) is 11.4 Å². The highest BCUT2D eigenvalue weighted by atomic mass is 16.5. The lowest BCUT2D eigenvalue weighted by atomic mass is 9.90. The second kappa shape index (κ2) is 7.33. The Kier molecular flexibility index (Phi) is 4.57. The van der Waals surface area contributed by atoms with Crippen LogP contribution >= 0.6 is 0 Å². The summed E-state index contributed by atoms with van der Waals surface area (Å²) in [5.41, 5.74) is 10.3. The highest BCUT2D eigenvalue weighted by Crippen LogP contribution is 2.37. The molecule has 0 fully saturated rings. The van der Waals surface area contributed by atoms with Gasteiger partial charge in [0.2, 0.25) is 0 Å². The number of nitrogen functional groups attached to an aromatic ring is 1. The first kappa shape index (κ1) is 16.8. The van der Waals surface area contributed by atoms with Crippen molar-refractivity contribution in [1.82, 2.24) is 25.1 Å². The van der Waals surface area contributed by atoms with Crippen LogP contribution in [-0.4, -0.2) is 25.1 Å². The molecule has 0 radical (unpaired) electrons. The van der Waals surface area contributed by atoms with E-state index in [1.807, 2.05) is 36.4 Å². The maximum Gasteiger partial charge on any atom is 0.180 e. The van der Waals surface area contributed by atoms with Crippen molar-refractivity contribution in [1.29, 1.82) is 0 Å². The molecule has 0 spiro atoms. The molecule has 4 aromatic heterocycles. The third-order valence-electron chi connectivity index (χ3n) is 4.38. The summed E-state index contributed by atoms with van der Waals surface area (Å²) in [5.74, 6) is 0.793. The van der Waals surface area contributed by atoms with Crippen molar-refractivity contribution in [3.05, 3.63) is 72.5 Å². The number of hydrogen-bond donors (Lipinski definition) is 1. The second-order valence-electron chi connectivity index (χ2n) is 6.04. The van der Waals surface area contributed by atoms with E-state index in [0.717, 1.165) is 28.9 Å². The zero-order valence-electron chi connectivity index (χ0n) is 14.8. The van der Waals surface area contributed by atoms with Crippen LogP contribution in [-0.2, 0) is 0 Å². The summed E-state index contributed by atoms with van der Waals surface area (Å²) < 4.78 is 5.04. The Balaban J connectivity index is 1.95. The molecule has 0 saturated heterocycles. The fraction of sp³-hybridized carbons (Fsp3) is 0.150. The summed E-state index contributed by atoms with van der Waals surface area (Å²) in [7, 11) is 0. The van der Waals surface area contributed by atoms with Crippen LogP contribution in [0.15, 0.2) is 65.8 Å². The zero-order chi connectivity index (χ0) is 18.6. The lowest BCUT2D eigenvalue weighted by molar-refractivity contribution is 0.407. The number of aromatic nitrogens is 5. The smallest absolute Gasteiger partial charge is 0.180 e. The molecule has 0 aliphatic rings. The summed E-state index contributed by atoms with van der Waals surface area (Å²) in [6.45, 7) is 2.07. The van der Waals surface area contributed by atoms with Gasteiger partial charge in [-0.2, -0.15) is 0 Å². The van der Waals surface area contributed by atoms with E-state index in [9.17, 15) is 0 Å². The van der Waals surface area contributed by atoms with Gasteiger partial charge < -0.3 is 10.3 Å². The number of hydrogen-bond acceptors (Lipinski definition) is 7. The van der Waals surface area contributed by atoms with E-state index in [0.29, 0.717) is 17.3 Å². The van der Waals surface area contributed by atoms with Crippen molar-refractivity contribution in [2.45, 2.75) is 19.3 Å². The van der Waals surface area contributed by atoms with Crippen LogP contribution in [0.5, 0.6) is 0 Å². The lowest BCUT2D eigenvalue weighted by Crippen LogP contribution is -2.11. The van der Waals surface area contributed by atoms with Crippen LogP contribution in [0.3, 0.4) is 0 Å². The SMILES string of the molecule is CCC(c1ccon1)c1c(N)nc(-c2ccccn2)nc1-c1cccnc1. The molecular weight excluding hydrogens is 340 g/mol. The largest absolute Gasteiger partial charge is 0.383 e. The monoisotopic (exact) mass is 358 g/mol. The normalized spacial score (nSPS) is 12.0. The third-order valence-corrected chi connectivity index (χ3v) is 4.38. The minimum absolute atomic E-state index is 0.0864. The Morgan fingerprint density at radius 3 is 2.67 bits per heavy atom. The van der Waals surface area contributed by atoms with Gasteiger partial charge in [-0.25, -0.2) is 9.97 Å². The highest BCUT2D eigenvalue weighted by Gasteiger charge is 2.25. The standard InChI is InChI=1S/C20H18N6O/c1-2-14(15-8-11-27-26-15)17-18(13-6-5-9-22-12-13)24-20(25-19(17)21)16-7-3-4-10-23-16/h3-12,14H,2H2,1H3,(H2,21,24,25). The number of nitrogens with two attached hydrogens (primary N) is 1. The first-order valence-corrected chi connectivity index (χ1v) is 8.67. The Hall–Kier alpha value is -3.61. The van der Waals surface area contributed by atoms with Crippen LogP contribution in [0.2, 0.25) is 0 Å². The van der Waals surface area contributed by atoms with Gasteiger partial charge in [-0.15, -0.1) is 0 Å². The maximum atomic E-state index is 6.42. The molecule has 7 nitrogen and oxygen atoms in total. The van der Waals surface area contributed by atoms with Crippen LogP contribution in [0.1, 0.15) is 30.5 Å². The van der Waals surface area contributed by atoms with E-state index in [2.05, 4.69) is 27.0 Å². The van der Waals surface area contributed by atoms with Crippen molar-refractivity contribution >= 4 is 5.82 Å². The van der Waals surface area contributed by atoms with E-state index in [4.69, 9.17) is 15.2 Å². The molecular formula is C20H18N6O. The van der Waals surface area contributed by atoms with Crippen molar-refractivity contribution in [2.24, 2.45) is 0 Å². The average molecular weight is 358 g/mol. The highest BCUT2D eigenvalue weighted by molar-refractivity contribution is 5.71. The summed E-state index contributed by atoms with van der Waals surface area (Å²) in [5, 5.41) is 4.11. The Labute approximate surface area is 156 Å². The maximum absolute atomic E-state index is 6.42. The minimum atomic E-state index is -0.0864. The summed E-state index contributed by atoms with van der Waals surface area (Å²) in [6.07, 6.45) is 7.53. The molecule has 0 saturated carbocycles. The van der Waals surface area contributed by atoms with Crippen LogP contribution < -0.4 is 5.73 Å². The number of anilines is 1. The summed E-state index contributed by atoms with van der Waals surface area (Å²) >= 11 is 0. The molecule has 0 bridgehead atoms. The minimum Gasteiger partial charge on any atom is -0.383 e. The fourth-order valence-corrected chi connectivity index (χ4v) is 3.13. The Morgan fingerprint density at radius 2 is 2.00 bits per heavy atom. The van der Waals surface area contributed by atoms with E-state index in [1.165, 1.54) is 0 Å². The topological polar surface area (TPSA) is 104 Å². The van der Waals surface area contributed by atoms with Gasteiger partial charge in [0, 0.05) is 41.7 Å². The molecule has 27 heavy (non-hydrogen) atoms. The molecule has 0 aliphatic heterocycles. The molecule has 1 unspecified atom stereocenters. The first-order valence-electron chi connectivity index (χ1n) is 8.67. The molecule has 7 heteroatoms. The predicted molar refractivity (Wildman–Crippen MR) is 102 cm³/mol. The van der Waals surface area contributed by atoms with E-state index >= 15 is 0 Å². The molecule has 2 N–H and O–H groups in total. The third kappa shape index (κ3) is 3.27. The molecule has 134 valence electrons. The number of rotatable bonds is 5. The van der Waals surface area contributed by atoms with Crippen LogP contribution in [0, 0.1) is 0 Å². The van der Waals surface area contributed by atoms with Crippen molar-refractivity contribution < 1.29 is 4.52 Å². The molecule has 1 atom stereocenters. The molecule has 4 heterocycles. The summed E-state index contributed by atoms with van der Waals surface area (Å²) in [4.78, 5) is 17.9. The van der Waals surface area contributed by atoms with E-state index < -0.39 is 0 Å². The average Bonchev–Trinajstić information content (AvgIpc) is 3.25. The Morgan fingerprint density at radius 1 is 1.07 bits per heavy atom. The van der Waals surface area contributed by atoms with Crippen LogP contribution in [0.4, 0.5) is 5.82 Å². The predicted octanol–water partition coefficient (Wildman–Crippen LogP) is 3.71. The van der Waals surface area contributed by atoms with Gasteiger partial charge in [-0.3, -0.25) is 9.97 Å². The van der Waals surface area contributed by atoms with Gasteiger partial charge in [0.15, 0.2) is 5.82 Å². The fourth-order valence-electron chi connectivity index (χ4n) is 3.13. The lowest BCUT2D eigenvalue weighted by Gasteiger charge is -2.19. The van der Waals surface area contributed by atoms with Gasteiger partial charge in [0.25, 0.3) is 0 Å². The quantitative estimate of drug-likeness (QED) is 0.580. The van der Waals surface area contributed by atoms with E-state index in [1.54, 1.807) is 24.9 Å². The first-order chi connectivity index (χ1) is 13.3. The second-order valence-corrected chi connectivity index (χ2v) is 6.04. The van der Waals surface area contributed by atoms with Crippen molar-refractivity contribution in [3.63, 3.8) is 0 Å². The molecule has 0 aliphatic carbocycles. The summed E-state index contributed by atoms with van der Waals surface area (Å²) in [6, 6.07) is 11.3. The van der Waals surface area contributed by atoms with Gasteiger partial charge in [0.1, 0.15) is 17.8 Å².